The van der Waals surface area contributed by atoms with E-state index in [0.717, 1.165) is 29.0 Å². The highest BCUT2D eigenvalue weighted by atomic mass is 79.9. The molecule has 6 heteroatoms. The van der Waals surface area contributed by atoms with Crippen molar-refractivity contribution < 1.29 is 0 Å². The minimum Gasteiger partial charge on any atom is -0.311 e. The Kier molecular flexibility index (Phi) is 5.25. The third-order valence-electron chi connectivity index (χ3n) is 3.08. The molecule has 0 spiro atoms. The third-order valence-corrected chi connectivity index (χ3v) is 3.55. The fourth-order valence-electron chi connectivity index (χ4n) is 2.08. The van der Waals surface area contributed by atoms with Crippen LogP contribution in [0.5, 0.6) is 0 Å². The minimum atomic E-state index is 0.137. The summed E-state index contributed by atoms with van der Waals surface area (Å²) in [6, 6.07) is 4.16. The summed E-state index contributed by atoms with van der Waals surface area (Å²) in [6.07, 6.45) is 4.22. The smallest absolute Gasteiger partial charge is 0.138 e. The van der Waals surface area contributed by atoms with Crippen LogP contribution < -0.4 is 5.32 Å². The summed E-state index contributed by atoms with van der Waals surface area (Å²) < 4.78 is 2.97. The molecule has 2 heterocycles. The Labute approximate surface area is 128 Å². The van der Waals surface area contributed by atoms with Crippen LogP contribution in [0.2, 0.25) is 0 Å². The molecule has 0 saturated carbocycles. The molecule has 2 aromatic heterocycles. The van der Waals surface area contributed by atoms with Crippen molar-refractivity contribution >= 4 is 15.9 Å². The van der Waals surface area contributed by atoms with Crippen molar-refractivity contribution in [3.05, 3.63) is 40.6 Å². The molecule has 5 nitrogen and oxygen atoms in total. The average molecular weight is 338 g/mol. The van der Waals surface area contributed by atoms with E-state index in [-0.39, 0.29) is 6.04 Å². The molecule has 0 fully saturated rings. The Morgan fingerprint density at radius 3 is 2.70 bits per heavy atom. The van der Waals surface area contributed by atoms with E-state index >= 15 is 0 Å². The lowest BCUT2D eigenvalue weighted by atomic mass is 10.1. The summed E-state index contributed by atoms with van der Waals surface area (Å²) in [7, 11) is 1.94. The second kappa shape index (κ2) is 6.95. The molecule has 1 atom stereocenters. The van der Waals surface area contributed by atoms with Crippen molar-refractivity contribution in [2.75, 3.05) is 7.05 Å². The first kappa shape index (κ1) is 15.1. The topological polar surface area (TPSA) is 55.6 Å². The maximum Gasteiger partial charge on any atom is 0.138 e. The van der Waals surface area contributed by atoms with E-state index in [9.17, 15) is 0 Å². The Morgan fingerprint density at radius 2 is 2.10 bits per heavy atom. The summed E-state index contributed by atoms with van der Waals surface area (Å²) in [6.45, 7) is 5.24. The summed E-state index contributed by atoms with van der Waals surface area (Å²) in [5, 5.41) is 7.60. The molecule has 0 aliphatic rings. The van der Waals surface area contributed by atoms with Gasteiger partial charge in [-0.3, -0.25) is 4.98 Å². The molecule has 1 N–H and O–H groups in total. The first-order valence-corrected chi connectivity index (χ1v) is 7.55. The maximum atomic E-state index is 4.45. The average Bonchev–Trinajstić information content (AvgIpc) is 2.83. The van der Waals surface area contributed by atoms with E-state index < -0.39 is 0 Å². The van der Waals surface area contributed by atoms with Crippen LogP contribution in [0, 0.1) is 5.92 Å². The Balaban J connectivity index is 2.14. The number of rotatable bonds is 6. The molecular weight excluding hydrogens is 318 g/mol. The third kappa shape index (κ3) is 3.86. The van der Waals surface area contributed by atoms with Gasteiger partial charge >= 0.3 is 0 Å². The Bertz CT molecular complexity index is 535. The number of halogens is 1. The number of hydrogen-bond donors (Lipinski definition) is 1. The summed E-state index contributed by atoms with van der Waals surface area (Å²) in [4.78, 5) is 8.83. The summed E-state index contributed by atoms with van der Waals surface area (Å²) in [5.41, 5.74) is 1.01. The van der Waals surface area contributed by atoms with Crippen LogP contribution in [0.25, 0.3) is 0 Å². The predicted octanol–water partition coefficient (Wildman–Crippen LogP) is 2.59. The van der Waals surface area contributed by atoms with Gasteiger partial charge in [0.05, 0.1) is 11.7 Å². The zero-order chi connectivity index (χ0) is 14.5. The molecule has 0 amide bonds. The molecule has 0 bridgehead atoms. The van der Waals surface area contributed by atoms with Crippen LogP contribution in [0.15, 0.2) is 29.1 Å². The zero-order valence-corrected chi connectivity index (χ0v) is 13.6. The van der Waals surface area contributed by atoms with Gasteiger partial charge in [-0.1, -0.05) is 13.8 Å². The van der Waals surface area contributed by atoms with Crippen molar-refractivity contribution in [2.24, 2.45) is 5.92 Å². The van der Waals surface area contributed by atoms with Crippen molar-refractivity contribution in [2.45, 2.75) is 32.9 Å². The van der Waals surface area contributed by atoms with E-state index in [1.165, 1.54) is 0 Å². The number of hydrogen-bond acceptors (Lipinski definition) is 4. The van der Waals surface area contributed by atoms with Gasteiger partial charge in [0.1, 0.15) is 12.2 Å². The molecule has 20 heavy (non-hydrogen) atoms. The number of likely N-dealkylation sites (N-methyl/N-ethyl adjacent to an activating group) is 1. The molecule has 108 valence electrons. The van der Waals surface area contributed by atoms with Gasteiger partial charge in [-0.05, 0) is 41.0 Å². The quantitative estimate of drug-likeness (QED) is 0.880. The highest BCUT2D eigenvalue weighted by Gasteiger charge is 2.15. The van der Waals surface area contributed by atoms with Crippen molar-refractivity contribution in [1.29, 1.82) is 0 Å². The van der Waals surface area contributed by atoms with Gasteiger partial charge in [-0.2, -0.15) is 5.10 Å². The first-order valence-electron chi connectivity index (χ1n) is 6.75. The van der Waals surface area contributed by atoms with Gasteiger partial charge in [0.25, 0.3) is 0 Å². The van der Waals surface area contributed by atoms with Gasteiger partial charge < -0.3 is 5.32 Å². The van der Waals surface area contributed by atoms with Crippen LogP contribution in [-0.4, -0.2) is 26.8 Å². The van der Waals surface area contributed by atoms with Gasteiger partial charge in [0, 0.05) is 23.6 Å². The van der Waals surface area contributed by atoms with Gasteiger partial charge in [0.15, 0.2) is 0 Å². The molecule has 1 unspecified atom stereocenters. The van der Waals surface area contributed by atoms with Gasteiger partial charge in [0.2, 0.25) is 0 Å². The van der Waals surface area contributed by atoms with Crippen LogP contribution >= 0.6 is 15.9 Å². The molecule has 0 radical (unpaired) electrons. The van der Waals surface area contributed by atoms with E-state index in [0.29, 0.717) is 5.92 Å². The number of nitrogens with one attached hydrogen (secondary N) is 1. The first-order chi connectivity index (χ1) is 9.60. The van der Waals surface area contributed by atoms with Crippen molar-refractivity contribution in [1.82, 2.24) is 25.1 Å². The van der Waals surface area contributed by atoms with E-state index in [1.54, 1.807) is 6.33 Å². The number of pyridine rings is 1. The Hall–Kier alpha value is -1.27. The molecule has 0 aliphatic carbocycles. The van der Waals surface area contributed by atoms with E-state index in [4.69, 9.17) is 0 Å². The summed E-state index contributed by atoms with van der Waals surface area (Å²) >= 11 is 3.41. The molecule has 0 saturated heterocycles. The van der Waals surface area contributed by atoms with Crippen LogP contribution in [0.4, 0.5) is 0 Å². The fraction of sp³-hybridized carbons (Fsp3) is 0.500. The second-order valence-corrected chi connectivity index (χ2v) is 6.11. The zero-order valence-electron chi connectivity index (χ0n) is 12.0. The molecule has 0 aromatic carbocycles. The van der Waals surface area contributed by atoms with E-state index in [1.807, 2.05) is 30.1 Å². The number of nitrogens with zero attached hydrogens (tertiary/aromatic N) is 4. The second-order valence-electron chi connectivity index (χ2n) is 5.20. The number of aromatic nitrogens is 4. The van der Waals surface area contributed by atoms with Crippen LogP contribution in [0.1, 0.15) is 31.4 Å². The van der Waals surface area contributed by atoms with Crippen LogP contribution in [0.3, 0.4) is 0 Å². The normalized spacial score (nSPS) is 12.8. The van der Waals surface area contributed by atoms with Gasteiger partial charge in [-0.15, -0.1) is 0 Å². The highest BCUT2D eigenvalue weighted by molar-refractivity contribution is 9.10. The fourth-order valence-corrected chi connectivity index (χ4v) is 2.31. The van der Waals surface area contributed by atoms with E-state index in [2.05, 4.69) is 50.2 Å². The lowest BCUT2D eigenvalue weighted by Crippen LogP contribution is -2.22. The molecule has 0 aliphatic heterocycles. The summed E-state index contributed by atoms with van der Waals surface area (Å²) in [5.74, 6) is 1.54. The molecular formula is C14H20BrN5. The Morgan fingerprint density at radius 1 is 1.30 bits per heavy atom. The molecule has 2 aromatic rings. The maximum absolute atomic E-state index is 4.45. The minimum absolute atomic E-state index is 0.137. The predicted molar refractivity (Wildman–Crippen MR) is 82.3 cm³/mol. The highest BCUT2D eigenvalue weighted by Crippen LogP contribution is 2.17. The SMILES string of the molecule is CNC(Cc1ncnn1CC(C)C)c1ccc(Br)cn1. The van der Waals surface area contributed by atoms with Crippen molar-refractivity contribution in [3.63, 3.8) is 0 Å². The molecule has 2 rings (SSSR count). The lowest BCUT2D eigenvalue weighted by Gasteiger charge is -2.16. The monoisotopic (exact) mass is 337 g/mol. The lowest BCUT2D eigenvalue weighted by molar-refractivity contribution is 0.449. The van der Waals surface area contributed by atoms with Crippen molar-refractivity contribution in [3.8, 4) is 0 Å². The standard InChI is InChI=1S/C14H20BrN5/c1-10(2)8-20-14(18-9-19-20)6-13(16-3)12-5-4-11(15)7-17-12/h4-5,7,9-10,13,16H,6,8H2,1-3H3. The van der Waals surface area contributed by atoms with Gasteiger partial charge in [-0.25, -0.2) is 9.67 Å². The van der Waals surface area contributed by atoms with Crippen LogP contribution in [-0.2, 0) is 13.0 Å². The largest absolute Gasteiger partial charge is 0.311 e.